The number of methoxy groups -OCH3 is 2. The molecule has 1 aromatic heterocycles. The molecule has 1 N–H and O–H groups in total. The minimum atomic E-state index is -1.24. The minimum absolute atomic E-state index is 0. The Hall–Kier alpha value is -1.28. The van der Waals surface area contributed by atoms with Gasteiger partial charge in [0.05, 0.1) is 25.7 Å². The average molecular weight is 369 g/mol. The van der Waals surface area contributed by atoms with Crippen LogP contribution in [0.5, 0.6) is 11.5 Å². The third-order valence-electron chi connectivity index (χ3n) is 4.02. The first-order valence-electron chi connectivity index (χ1n) is 7.55. The summed E-state index contributed by atoms with van der Waals surface area (Å²) in [7, 11) is 2.00. The Morgan fingerprint density at radius 2 is 2.04 bits per heavy atom. The fraction of sp³-hybridized carbons (Fsp3) is 0.353. The first-order chi connectivity index (χ1) is 11.5. The van der Waals surface area contributed by atoms with Gasteiger partial charge in [-0.1, -0.05) is 0 Å². The standard InChI is InChI=1S/C17H20N3O3S.Na/c1-10-8-18-15(11(2)16(10)23-4)9-24(21)17-19-13-6-5-12(22-3)7-14(13)20-17;/h5-8,17,19H,9H2,1-4H3;/q-1;+1. The predicted octanol–water partition coefficient (Wildman–Crippen LogP) is 0.383. The maximum atomic E-state index is 12.7. The zero-order valence-corrected chi connectivity index (χ0v) is 17.9. The molecule has 8 heteroatoms. The van der Waals surface area contributed by atoms with E-state index in [9.17, 15) is 4.21 Å². The summed E-state index contributed by atoms with van der Waals surface area (Å²) in [6, 6.07) is 5.56. The van der Waals surface area contributed by atoms with E-state index >= 15 is 0 Å². The maximum Gasteiger partial charge on any atom is 1.00 e. The van der Waals surface area contributed by atoms with E-state index in [1.165, 1.54) is 0 Å². The van der Waals surface area contributed by atoms with Crippen molar-refractivity contribution in [1.29, 1.82) is 0 Å². The van der Waals surface area contributed by atoms with Crippen molar-refractivity contribution in [2.75, 3.05) is 19.5 Å². The summed E-state index contributed by atoms with van der Waals surface area (Å²) in [6.07, 6.45) is 1.75. The number of aryl methyl sites for hydroxylation is 1. The average Bonchev–Trinajstić information content (AvgIpc) is 3.01. The van der Waals surface area contributed by atoms with E-state index in [2.05, 4.69) is 15.6 Å². The Bertz CT molecular complexity index is 801. The molecule has 0 amide bonds. The molecule has 0 aliphatic carbocycles. The third-order valence-corrected chi connectivity index (χ3v) is 5.30. The van der Waals surface area contributed by atoms with Gasteiger partial charge in [0.2, 0.25) is 0 Å². The minimum Gasteiger partial charge on any atom is -0.653 e. The third kappa shape index (κ3) is 4.11. The van der Waals surface area contributed by atoms with Gasteiger partial charge >= 0.3 is 29.6 Å². The molecule has 0 radical (unpaired) electrons. The van der Waals surface area contributed by atoms with Crippen molar-refractivity contribution in [3.63, 3.8) is 0 Å². The second-order valence-corrected chi connectivity index (χ2v) is 7.08. The maximum absolute atomic E-state index is 12.7. The fourth-order valence-electron chi connectivity index (χ4n) is 2.71. The first kappa shape index (κ1) is 20.0. The van der Waals surface area contributed by atoms with Crippen LogP contribution in [0, 0.1) is 13.8 Å². The number of fused-ring (bicyclic) bond motifs is 1. The van der Waals surface area contributed by atoms with Crippen molar-refractivity contribution in [2.24, 2.45) is 0 Å². The van der Waals surface area contributed by atoms with Gasteiger partial charge in [-0.2, -0.15) is 0 Å². The summed E-state index contributed by atoms with van der Waals surface area (Å²) in [6.45, 7) is 3.88. The molecule has 1 aliphatic rings. The molecule has 0 saturated carbocycles. The molecule has 25 heavy (non-hydrogen) atoms. The Morgan fingerprint density at radius 3 is 2.72 bits per heavy atom. The quantitative estimate of drug-likeness (QED) is 0.772. The van der Waals surface area contributed by atoms with E-state index in [0.717, 1.165) is 39.7 Å². The van der Waals surface area contributed by atoms with Crippen molar-refractivity contribution in [2.45, 2.75) is 25.1 Å². The van der Waals surface area contributed by atoms with Crippen LogP contribution in [0.2, 0.25) is 0 Å². The molecule has 2 unspecified atom stereocenters. The normalized spacial score (nSPS) is 16.1. The van der Waals surface area contributed by atoms with Gasteiger partial charge in [0.1, 0.15) is 11.5 Å². The van der Waals surface area contributed by atoms with Crippen LogP contribution in [0.1, 0.15) is 16.8 Å². The molecule has 0 bridgehead atoms. The van der Waals surface area contributed by atoms with E-state index in [-0.39, 0.29) is 29.6 Å². The Labute approximate surface area is 172 Å². The predicted molar refractivity (Wildman–Crippen MR) is 95.5 cm³/mol. The summed E-state index contributed by atoms with van der Waals surface area (Å²) in [5, 5.41) is 7.68. The number of pyridine rings is 1. The van der Waals surface area contributed by atoms with Crippen LogP contribution in [-0.2, 0) is 16.6 Å². The van der Waals surface area contributed by atoms with Gasteiger partial charge in [-0.3, -0.25) is 9.19 Å². The van der Waals surface area contributed by atoms with Gasteiger partial charge in [-0.25, -0.2) is 0 Å². The van der Waals surface area contributed by atoms with Crippen LogP contribution < -0.4 is 44.3 Å². The molecule has 0 fully saturated rings. The number of hydrogen-bond acceptors (Lipinski definition) is 5. The van der Waals surface area contributed by atoms with E-state index < -0.39 is 16.3 Å². The van der Waals surface area contributed by atoms with Crippen LogP contribution in [0.3, 0.4) is 0 Å². The molecule has 6 nitrogen and oxygen atoms in total. The second-order valence-electron chi connectivity index (χ2n) is 5.58. The summed E-state index contributed by atoms with van der Waals surface area (Å²) >= 11 is 0. The smallest absolute Gasteiger partial charge is 0.653 e. The number of benzene rings is 1. The van der Waals surface area contributed by atoms with Crippen molar-refractivity contribution >= 4 is 22.2 Å². The molecule has 1 aromatic carbocycles. The molecule has 128 valence electrons. The largest absolute Gasteiger partial charge is 1.00 e. The van der Waals surface area contributed by atoms with Gasteiger partial charge < -0.3 is 20.1 Å². The summed E-state index contributed by atoms with van der Waals surface area (Å²) in [5.41, 5.74) is 3.79. The number of nitrogens with one attached hydrogen (secondary N) is 1. The SMILES string of the molecule is COc1ccc2c(c1)[N-]C(S(=O)Cc1ncc(C)c(OC)c1C)N2.[Na+]. The van der Waals surface area contributed by atoms with Crippen molar-refractivity contribution < 1.29 is 43.2 Å². The number of aromatic nitrogens is 1. The zero-order chi connectivity index (χ0) is 17.3. The number of nitrogens with zero attached hydrogens (tertiary/aromatic N) is 2. The number of rotatable bonds is 5. The summed E-state index contributed by atoms with van der Waals surface area (Å²) in [4.78, 5) is 4.41. The van der Waals surface area contributed by atoms with E-state index in [1.54, 1.807) is 20.4 Å². The van der Waals surface area contributed by atoms with Crippen molar-refractivity contribution in [1.82, 2.24) is 4.98 Å². The van der Waals surface area contributed by atoms with E-state index in [4.69, 9.17) is 9.47 Å². The van der Waals surface area contributed by atoms with Crippen LogP contribution in [-0.4, -0.2) is 28.9 Å². The van der Waals surface area contributed by atoms with Gasteiger partial charge in [-0.15, -0.1) is 5.69 Å². The number of hydrogen-bond donors (Lipinski definition) is 1. The van der Waals surface area contributed by atoms with Gasteiger partial charge in [0.25, 0.3) is 0 Å². The Balaban J connectivity index is 0.00000225. The van der Waals surface area contributed by atoms with Gasteiger partial charge in [-0.05, 0) is 32.0 Å². The number of anilines is 1. The van der Waals surface area contributed by atoms with E-state index in [1.807, 2.05) is 32.0 Å². The molecule has 2 heterocycles. The van der Waals surface area contributed by atoms with E-state index in [0.29, 0.717) is 5.75 Å². The molecule has 0 spiro atoms. The molecule has 1 aliphatic heterocycles. The first-order valence-corrected chi connectivity index (χ1v) is 8.93. The second kappa shape index (κ2) is 8.40. The summed E-state index contributed by atoms with van der Waals surface area (Å²) in [5.74, 6) is 1.84. The molecule has 3 rings (SSSR count). The number of ether oxygens (including phenoxy) is 2. The zero-order valence-electron chi connectivity index (χ0n) is 15.1. The molecule has 0 saturated heterocycles. The topological polar surface area (TPSA) is 74.6 Å². The van der Waals surface area contributed by atoms with Crippen LogP contribution >= 0.6 is 0 Å². The Kier molecular flexibility index (Phi) is 6.73. The molecule has 2 aromatic rings. The van der Waals surface area contributed by atoms with Gasteiger partial charge in [0, 0.05) is 39.3 Å². The molecular weight excluding hydrogens is 349 g/mol. The van der Waals surface area contributed by atoms with Gasteiger partial charge in [0.15, 0.2) is 0 Å². The molecular formula is C17H20N3NaO3S. The van der Waals surface area contributed by atoms with Crippen molar-refractivity contribution in [3.8, 4) is 11.5 Å². The summed E-state index contributed by atoms with van der Waals surface area (Å²) < 4.78 is 23.3. The molecule has 2 atom stereocenters. The van der Waals surface area contributed by atoms with Crippen molar-refractivity contribution in [3.05, 3.63) is 46.5 Å². The Morgan fingerprint density at radius 1 is 1.28 bits per heavy atom. The fourth-order valence-corrected chi connectivity index (χ4v) is 3.92. The van der Waals surface area contributed by atoms with Crippen LogP contribution in [0.4, 0.5) is 11.4 Å². The van der Waals surface area contributed by atoms with Crippen LogP contribution in [0.15, 0.2) is 24.4 Å². The monoisotopic (exact) mass is 369 g/mol. The van der Waals surface area contributed by atoms with Crippen LogP contribution in [0.25, 0.3) is 5.32 Å².